The predicted octanol–water partition coefficient (Wildman–Crippen LogP) is 2.87. The van der Waals surface area contributed by atoms with E-state index in [-0.39, 0.29) is 36.8 Å². The zero-order chi connectivity index (χ0) is 17.1. The molecule has 1 aliphatic heterocycles. The van der Waals surface area contributed by atoms with Crippen LogP contribution in [0.2, 0.25) is 0 Å². The van der Waals surface area contributed by atoms with E-state index in [1.165, 1.54) is 5.56 Å². The Morgan fingerprint density at radius 2 is 1.88 bits per heavy atom. The van der Waals surface area contributed by atoms with Crippen LogP contribution in [0.25, 0.3) is 0 Å². The molecule has 1 aliphatic carbocycles. The second-order valence-corrected chi connectivity index (χ2v) is 7.08. The van der Waals surface area contributed by atoms with Gasteiger partial charge in [0.2, 0.25) is 5.91 Å². The van der Waals surface area contributed by atoms with Gasteiger partial charge < -0.3 is 15.4 Å². The molecule has 1 aromatic rings. The van der Waals surface area contributed by atoms with E-state index in [0.717, 1.165) is 51.2 Å². The summed E-state index contributed by atoms with van der Waals surface area (Å²) >= 11 is 0. The van der Waals surface area contributed by atoms with Gasteiger partial charge in [0.05, 0.1) is 7.11 Å². The smallest absolute Gasteiger partial charge is 0.225 e. The summed E-state index contributed by atoms with van der Waals surface area (Å²) in [6, 6.07) is 8.80. The number of nitrogens with zero attached hydrogens (tertiary/aromatic N) is 2. The molecule has 26 heavy (non-hydrogen) atoms. The van der Waals surface area contributed by atoms with Gasteiger partial charge in [-0.2, -0.15) is 0 Å². The molecule has 1 aromatic carbocycles. The average molecular weight is 404 g/mol. The van der Waals surface area contributed by atoms with Gasteiger partial charge in [0.1, 0.15) is 5.75 Å². The first-order chi connectivity index (χ1) is 11.6. The quantitative estimate of drug-likeness (QED) is 0.839. The summed E-state index contributed by atoms with van der Waals surface area (Å²) in [6.07, 6.45) is 2.81. The summed E-state index contributed by atoms with van der Waals surface area (Å²) in [5, 5.41) is 0. The molecular weight excluding hydrogens is 373 g/mol. The van der Waals surface area contributed by atoms with Gasteiger partial charge in [-0.1, -0.05) is 12.1 Å². The average Bonchev–Trinajstić information content (AvgIpc) is 3.07. The largest absolute Gasteiger partial charge is 0.497 e. The molecule has 0 aromatic heterocycles. The lowest BCUT2D eigenvalue weighted by atomic mass is 10.0. The number of piperazine rings is 1. The first-order valence-electron chi connectivity index (χ1n) is 9.01. The highest BCUT2D eigenvalue weighted by Gasteiger charge is 2.33. The second kappa shape index (κ2) is 10.4. The van der Waals surface area contributed by atoms with Gasteiger partial charge in [-0.25, -0.2) is 0 Å². The van der Waals surface area contributed by atoms with E-state index >= 15 is 0 Å². The molecule has 1 heterocycles. The molecule has 3 rings (SSSR count). The van der Waals surface area contributed by atoms with Crippen molar-refractivity contribution in [3.8, 4) is 5.75 Å². The number of hydrogen-bond donors (Lipinski definition) is 1. The van der Waals surface area contributed by atoms with Gasteiger partial charge in [-0.05, 0) is 43.9 Å². The van der Waals surface area contributed by atoms with Crippen molar-refractivity contribution in [2.75, 3.05) is 33.3 Å². The van der Waals surface area contributed by atoms with Crippen LogP contribution in [0.3, 0.4) is 0 Å². The molecule has 7 heteroatoms. The number of rotatable bonds is 4. The molecule has 148 valence electrons. The summed E-state index contributed by atoms with van der Waals surface area (Å²) in [7, 11) is 1.70. The third-order valence-electron chi connectivity index (χ3n) is 5.57. The van der Waals surface area contributed by atoms with Crippen LogP contribution in [0.5, 0.6) is 5.75 Å². The van der Waals surface area contributed by atoms with Crippen molar-refractivity contribution < 1.29 is 9.53 Å². The van der Waals surface area contributed by atoms with Crippen LogP contribution in [-0.2, 0) is 4.79 Å². The van der Waals surface area contributed by atoms with Crippen LogP contribution in [0.15, 0.2) is 24.3 Å². The van der Waals surface area contributed by atoms with Crippen LogP contribution in [-0.4, -0.2) is 55.0 Å². The van der Waals surface area contributed by atoms with Crippen LogP contribution >= 0.6 is 24.8 Å². The van der Waals surface area contributed by atoms with E-state index in [9.17, 15) is 4.79 Å². The number of methoxy groups -OCH3 is 1. The zero-order valence-corrected chi connectivity index (χ0v) is 17.2. The molecule has 0 spiro atoms. The molecule has 1 saturated heterocycles. The highest BCUT2D eigenvalue weighted by Crippen LogP contribution is 2.28. The maximum atomic E-state index is 12.6. The Bertz CT molecular complexity index is 580. The number of ether oxygens (including phenoxy) is 1. The van der Waals surface area contributed by atoms with Crippen LogP contribution in [0.1, 0.15) is 37.8 Å². The maximum absolute atomic E-state index is 12.6. The van der Waals surface area contributed by atoms with Gasteiger partial charge in [-0.3, -0.25) is 9.69 Å². The minimum absolute atomic E-state index is 0. The van der Waals surface area contributed by atoms with Crippen LogP contribution < -0.4 is 10.5 Å². The van der Waals surface area contributed by atoms with Crippen molar-refractivity contribution in [3.63, 3.8) is 0 Å². The molecule has 2 fully saturated rings. The summed E-state index contributed by atoms with van der Waals surface area (Å²) in [6.45, 7) is 5.70. The van der Waals surface area contributed by atoms with Crippen molar-refractivity contribution in [1.29, 1.82) is 0 Å². The molecular formula is C19H31Cl2N3O2. The molecule has 1 saturated carbocycles. The Labute approximate surface area is 169 Å². The number of benzene rings is 1. The van der Waals surface area contributed by atoms with E-state index in [1.54, 1.807) is 7.11 Å². The molecule has 0 bridgehead atoms. The SMILES string of the molecule is COc1cccc(C(C)N2CCN(C(=O)C3CCC(N)C3)CC2)c1.Cl.Cl. The molecule has 3 unspecified atom stereocenters. The number of hydrogen-bond acceptors (Lipinski definition) is 4. The minimum Gasteiger partial charge on any atom is -0.497 e. The first-order valence-corrected chi connectivity index (χ1v) is 9.01. The lowest BCUT2D eigenvalue weighted by molar-refractivity contribution is -0.137. The first kappa shape index (κ1) is 23.0. The van der Waals surface area contributed by atoms with Crippen molar-refractivity contribution in [3.05, 3.63) is 29.8 Å². The zero-order valence-electron chi connectivity index (χ0n) is 15.6. The fraction of sp³-hybridized carbons (Fsp3) is 0.632. The van der Waals surface area contributed by atoms with Crippen LogP contribution in [0, 0.1) is 5.92 Å². The van der Waals surface area contributed by atoms with Gasteiger partial charge >= 0.3 is 0 Å². The van der Waals surface area contributed by atoms with Crippen molar-refractivity contribution in [2.45, 2.75) is 38.3 Å². The molecule has 1 amide bonds. The van der Waals surface area contributed by atoms with E-state index in [2.05, 4.69) is 24.0 Å². The number of carbonyl (C=O) groups excluding carboxylic acids is 1. The minimum atomic E-state index is 0. The standard InChI is InChI=1S/C19H29N3O2.2ClH/c1-14(15-4-3-5-18(13-15)24-2)21-8-10-22(11-9-21)19(23)16-6-7-17(20)12-16;;/h3-5,13-14,16-17H,6-12,20H2,1-2H3;2*1H. The van der Waals surface area contributed by atoms with Crippen molar-refractivity contribution in [1.82, 2.24) is 9.80 Å². The second-order valence-electron chi connectivity index (χ2n) is 7.08. The normalized spacial score (nSPS) is 24.3. The Balaban J connectivity index is 0.00000169. The Hall–Kier alpha value is -1.01. The summed E-state index contributed by atoms with van der Waals surface area (Å²) in [5.74, 6) is 1.37. The fourth-order valence-corrected chi connectivity index (χ4v) is 3.94. The summed E-state index contributed by atoms with van der Waals surface area (Å²) in [5.41, 5.74) is 7.21. The molecule has 0 radical (unpaired) electrons. The van der Waals surface area contributed by atoms with Gasteiger partial charge in [-0.15, -0.1) is 24.8 Å². The highest BCUT2D eigenvalue weighted by atomic mass is 35.5. The summed E-state index contributed by atoms with van der Waals surface area (Å²) < 4.78 is 5.32. The third kappa shape index (κ3) is 5.26. The van der Waals surface area contributed by atoms with Gasteiger partial charge in [0.25, 0.3) is 0 Å². The van der Waals surface area contributed by atoms with Crippen molar-refractivity contribution in [2.24, 2.45) is 11.7 Å². The predicted molar refractivity (Wildman–Crippen MR) is 109 cm³/mol. The Kier molecular flexibility index (Phi) is 9.17. The lowest BCUT2D eigenvalue weighted by Crippen LogP contribution is -2.50. The van der Waals surface area contributed by atoms with Crippen LogP contribution in [0.4, 0.5) is 0 Å². The van der Waals surface area contributed by atoms with Crippen molar-refractivity contribution >= 4 is 30.7 Å². The van der Waals surface area contributed by atoms with E-state index in [0.29, 0.717) is 11.9 Å². The topological polar surface area (TPSA) is 58.8 Å². The van der Waals surface area contributed by atoms with E-state index in [1.807, 2.05) is 17.0 Å². The molecule has 2 aliphatic rings. The highest BCUT2D eigenvalue weighted by molar-refractivity contribution is 5.85. The number of carbonyl (C=O) groups is 1. The molecule has 2 N–H and O–H groups in total. The monoisotopic (exact) mass is 403 g/mol. The number of halogens is 2. The van der Waals surface area contributed by atoms with Gasteiger partial charge in [0.15, 0.2) is 0 Å². The number of nitrogens with two attached hydrogens (primary N) is 1. The molecule has 5 nitrogen and oxygen atoms in total. The number of amides is 1. The Morgan fingerprint density at radius 3 is 2.46 bits per heavy atom. The summed E-state index contributed by atoms with van der Waals surface area (Å²) in [4.78, 5) is 17.1. The Morgan fingerprint density at radius 1 is 1.19 bits per heavy atom. The fourth-order valence-electron chi connectivity index (χ4n) is 3.94. The molecule has 3 atom stereocenters. The lowest BCUT2D eigenvalue weighted by Gasteiger charge is -2.39. The third-order valence-corrected chi connectivity index (χ3v) is 5.57. The van der Waals surface area contributed by atoms with E-state index in [4.69, 9.17) is 10.5 Å². The maximum Gasteiger partial charge on any atom is 0.225 e. The van der Waals surface area contributed by atoms with E-state index < -0.39 is 0 Å². The van der Waals surface area contributed by atoms with Gasteiger partial charge in [0, 0.05) is 44.2 Å².